The summed E-state index contributed by atoms with van der Waals surface area (Å²) in [7, 11) is 0. The lowest BCUT2D eigenvalue weighted by molar-refractivity contribution is 0.669. The summed E-state index contributed by atoms with van der Waals surface area (Å²) in [5.74, 6) is 0. The molecule has 1 nitrogen and oxygen atoms in total. The molecule has 0 saturated carbocycles. The number of fused-ring (bicyclic) bond motifs is 2. The van der Waals surface area contributed by atoms with E-state index in [0.29, 0.717) is 0 Å². The zero-order valence-corrected chi connectivity index (χ0v) is 25.6. The van der Waals surface area contributed by atoms with Crippen molar-refractivity contribution in [3.8, 4) is 44.5 Å². The fourth-order valence-corrected chi connectivity index (χ4v) is 7.80. The highest BCUT2D eigenvalue weighted by molar-refractivity contribution is 6.29. The van der Waals surface area contributed by atoms with Crippen molar-refractivity contribution >= 4 is 54.3 Å². The Kier molecular flexibility index (Phi) is 5.64. The minimum absolute atomic E-state index is 0.937. The van der Waals surface area contributed by atoms with Crippen molar-refractivity contribution in [3.63, 3.8) is 0 Å². The van der Waals surface area contributed by atoms with Gasteiger partial charge in [0, 0.05) is 10.8 Å². The minimum atomic E-state index is 0.937. The normalized spacial score (nSPS) is 11.8. The van der Waals surface area contributed by atoms with Crippen molar-refractivity contribution in [2.75, 3.05) is 0 Å². The van der Waals surface area contributed by atoms with Crippen molar-refractivity contribution in [3.05, 3.63) is 170 Å². The van der Waals surface area contributed by atoms with Gasteiger partial charge in [-0.25, -0.2) is 0 Å². The van der Waals surface area contributed by atoms with E-state index >= 15 is 0 Å². The van der Waals surface area contributed by atoms with Gasteiger partial charge >= 0.3 is 0 Å². The molecular formula is C46H28O. The molecule has 1 heteroatoms. The zero-order valence-electron chi connectivity index (χ0n) is 25.6. The average molecular weight is 597 g/mol. The summed E-state index contributed by atoms with van der Waals surface area (Å²) in [4.78, 5) is 0. The second-order valence-electron chi connectivity index (χ2n) is 12.4. The van der Waals surface area contributed by atoms with Crippen molar-refractivity contribution < 1.29 is 4.42 Å². The van der Waals surface area contributed by atoms with Gasteiger partial charge in [0.25, 0.3) is 0 Å². The van der Waals surface area contributed by atoms with Crippen LogP contribution in [-0.2, 0) is 0 Å². The van der Waals surface area contributed by atoms with E-state index in [-0.39, 0.29) is 0 Å². The first-order chi connectivity index (χ1) is 23.3. The topological polar surface area (TPSA) is 13.1 Å². The Morgan fingerprint density at radius 2 is 0.872 bits per heavy atom. The summed E-state index contributed by atoms with van der Waals surface area (Å²) < 4.78 is 6.35. The smallest absolute Gasteiger partial charge is 0.136 e. The fraction of sp³-hybridized carbons (Fsp3) is 0. The molecule has 0 unspecified atom stereocenters. The van der Waals surface area contributed by atoms with E-state index in [0.717, 1.165) is 11.2 Å². The number of benzene rings is 9. The highest BCUT2D eigenvalue weighted by atomic mass is 16.3. The number of hydrogen-bond donors (Lipinski definition) is 0. The van der Waals surface area contributed by atoms with Crippen molar-refractivity contribution in [1.82, 2.24) is 0 Å². The van der Waals surface area contributed by atoms with Gasteiger partial charge in [0.15, 0.2) is 0 Å². The van der Waals surface area contributed by atoms with E-state index in [9.17, 15) is 0 Å². The number of furan rings is 1. The van der Waals surface area contributed by atoms with Crippen LogP contribution in [0.1, 0.15) is 0 Å². The Balaban J connectivity index is 1.32. The maximum atomic E-state index is 6.35. The SMILES string of the molecule is c1ccc(-c2ccc(-c3c4ccccc4c(-c4ccc5oc6cccc7ccc4c5c76)c4ccccc34)c(-c3ccccc3)c2)cc1. The molecule has 0 radical (unpaired) electrons. The summed E-state index contributed by atoms with van der Waals surface area (Å²) in [6.45, 7) is 0. The first-order valence-corrected chi connectivity index (χ1v) is 16.2. The summed E-state index contributed by atoms with van der Waals surface area (Å²) in [5.41, 5.74) is 11.7. The summed E-state index contributed by atoms with van der Waals surface area (Å²) in [6.07, 6.45) is 0. The van der Waals surface area contributed by atoms with Crippen molar-refractivity contribution in [1.29, 1.82) is 0 Å². The molecular weight excluding hydrogens is 569 g/mol. The average Bonchev–Trinajstić information content (AvgIpc) is 3.53. The van der Waals surface area contributed by atoms with Gasteiger partial charge in [-0.05, 0) is 101 Å². The molecule has 0 aliphatic carbocycles. The lowest BCUT2D eigenvalue weighted by Gasteiger charge is -2.21. The van der Waals surface area contributed by atoms with Gasteiger partial charge in [-0.1, -0.05) is 146 Å². The molecule has 10 rings (SSSR count). The standard InChI is InChI=1S/C46H28O/c1-3-12-29(13-4-1)32-23-25-39(40(28-32)30-14-5-2-6-15-30)45-35-19-9-7-17-33(35)44(34-18-8-10-20-36(34)45)37-26-27-42-46-38(37)24-22-31-16-11-21-41(47-42)43(31)46/h1-28H. The van der Waals surface area contributed by atoms with Crippen molar-refractivity contribution in [2.24, 2.45) is 0 Å². The van der Waals surface area contributed by atoms with Gasteiger partial charge in [-0.3, -0.25) is 0 Å². The highest BCUT2D eigenvalue weighted by Gasteiger charge is 2.22. The minimum Gasteiger partial charge on any atom is -0.456 e. The second kappa shape index (κ2) is 10.2. The maximum Gasteiger partial charge on any atom is 0.136 e. The summed E-state index contributed by atoms with van der Waals surface area (Å²) in [6, 6.07) is 61.6. The Morgan fingerprint density at radius 3 is 1.55 bits per heavy atom. The lowest BCUT2D eigenvalue weighted by atomic mass is 9.82. The molecule has 0 bridgehead atoms. The third-order valence-electron chi connectivity index (χ3n) is 9.85. The monoisotopic (exact) mass is 596 g/mol. The van der Waals surface area contributed by atoms with E-state index in [2.05, 4.69) is 170 Å². The molecule has 0 atom stereocenters. The van der Waals surface area contributed by atoms with E-state index < -0.39 is 0 Å². The molecule has 10 aromatic rings. The number of rotatable bonds is 4. The quantitative estimate of drug-likeness (QED) is 0.145. The lowest BCUT2D eigenvalue weighted by Crippen LogP contribution is -1.94. The summed E-state index contributed by atoms with van der Waals surface area (Å²) >= 11 is 0. The molecule has 218 valence electrons. The van der Waals surface area contributed by atoms with Crippen LogP contribution in [0.3, 0.4) is 0 Å². The predicted octanol–water partition coefficient (Wildman–Crippen LogP) is 13.2. The van der Waals surface area contributed by atoms with Crippen LogP contribution in [-0.4, -0.2) is 0 Å². The molecule has 0 aliphatic heterocycles. The molecule has 0 N–H and O–H groups in total. The van der Waals surface area contributed by atoms with Crippen LogP contribution in [0.25, 0.3) is 98.8 Å². The highest BCUT2D eigenvalue weighted by Crippen LogP contribution is 2.49. The maximum absolute atomic E-state index is 6.35. The first-order valence-electron chi connectivity index (χ1n) is 16.2. The van der Waals surface area contributed by atoms with E-state index in [1.165, 1.54) is 87.6 Å². The molecule has 0 spiro atoms. The molecule has 0 saturated heterocycles. The van der Waals surface area contributed by atoms with E-state index in [1.807, 2.05) is 0 Å². The molecule has 0 amide bonds. The molecule has 47 heavy (non-hydrogen) atoms. The molecule has 1 heterocycles. The number of hydrogen-bond acceptors (Lipinski definition) is 1. The molecule has 9 aromatic carbocycles. The van der Waals surface area contributed by atoms with Gasteiger partial charge in [-0.2, -0.15) is 0 Å². The van der Waals surface area contributed by atoms with Crippen LogP contribution in [0, 0.1) is 0 Å². The van der Waals surface area contributed by atoms with Gasteiger partial charge in [0.1, 0.15) is 11.2 Å². The fourth-order valence-electron chi connectivity index (χ4n) is 7.80. The van der Waals surface area contributed by atoms with Crippen LogP contribution in [0.5, 0.6) is 0 Å². The Labute approximate surface area is 272 Å². The molecule has 1 aromatic heterocycles. The van der Waals surface area contributed by atoms with Gasteiger partial charge in [0.2, 0.25) is 0 Å². The third-order valence-corrected chi connectivity index (χ3v) is 9.85. The van der Waals surface area contributed by atoms with Crippen LogP contribution >= 0.6 is 0 Å². The van der Waals surface area contributed by atoms with Crippen LogP contribution in [0.4, 0.5) is 0 Å². The van der Waals surface area contributed by atoms with Crippen LogP contribution in [0.15, 0.2) is 174 Å². The summed E-state index contributed by atoms with van der Waals surface area (Å²) in [5, 5.41) is 9.83. The zero-order chi connectivity index (χ0) is 30.9. The Hall–Kier alpha value is -6.18. The predicted molar refractivity (Wildman–Crippen MR) is 199 cm³/mol. The van der Waals surface area contributed by atoms with Crippen molar-refractivity contribution in [2.45, 2.75) is 0 Å². The van der Waals surface area contributed by atoms with Crippen LogP contribution in [0.2, 0.25) is 0 Å². The first kappa shape index (κ1) is 26.1. The second-order valence-corrected chi connectivity index (χ2v) is 12.4. The van der Waals surface area contributed by atoms with E-state index in [4.69, 9.17) is 4.42 Å². The Bertz CT molecular complexity index is 2710. The van der Waals surface area contributed by atoms with Gasteiger partial charge in [-0.15, -0.1) is 0 Å². The Morgan fingerprint density at radius 1 is 0.298 bits per heavy atom. The van der Waals surface area contributed by atoms with Crippen LogP contribution < -0.4 is 0 Å². The van der Waals surface area contributed by atoms with Gasteiger partial charge < -0.3 is 4.42 Å². The third kappa shape index (κ3) is 3.90. The van der Waals surface area contributed by atoms with Gasteiger partial charge in [0.05, 0.1) is 0 Å². The van der Waals surface area contributed by atoms with E-state index in [1.54, 1.807) is 0 Å². The molecule has 0 aliphatic rings. The largest absolute Gasteiger partial charge is 0.456 e. The molecule has 0 fully saturated rings.